The van der Waals surface area contributed by atoms with Crippen molar-refractivity contribution in [3.05, 3.63) is 53.1 Å². The maximum atomic E-state index is 13.8. The molecule has 1 aliphatic heterocycles. The number of aromatic amines is 1. The number of hydrogen-bond acceptors (Lipinski definition) is 7. The van der Waals surface area contributed by atoms with Crippen LogP contribution < -0.4 is 10.6 Å². The van der Waals surface area contributed by atoms with E-state index in [1.807, 2.05) is 0 Å². The third-order valence-electron chi connectivity index (χ3n) is 6.70. The highest BCUT2D eigenvalue weighted by Gasteiger charge is 2.35. The predicted molar refractivity (Wildman–Crippen MR) is 137 cm³/mol. The zero-order valence-electron chi connectivity index (χ0n) is 21.4. The van der Waals surface area contributed by atoms with Gasteiger partial charge in [0.25, 0.3) is 0 Å². The van der Waals surface area contributed by atoms with Crippen LogP contribution in [0.1, 0.15) is 55.3 Å². The number of likely N-dealkylation sites (tertiary alicyclic amines) is 1. The molecule has 2 fully saturated rings. The van der Waals surface area contributed by atoms with Crippen LogP contribution in [0.5, 0.6) is 0 Å². The van der Waals surface area contributed by atoms with E-state index in [1.54, 1.807) is 19.9 Å². The van der Waals surface area contributed by atoms with Gasteiger partial charge in [-0.05, 0) is 50.8 Å². The lowest BCUT2D eigenvalue weighted by molar-refractivity contribution is -0.137. The summed E-state index contributed by atoms with van der Waals surface area (Å²) in [5, 5.41) is 20.9. The standard InChI is InChI=1S/C16H14F4N6.C10H19NO/c1-8-3-4-11(17)12(5-8)22-15-21-7-10(16(18,19)20)14(24-15)23-13-6-9(2)25-26-13;12-10-6-7-11(8-10)9-4-2-1-3-5-9/h3-7H,1-2H3,(H3,21,22,23,24,25,26);9-10,12H,1-8H2. The molecule has 2 aromatic heterocycles. The first-order valence-corrected chi connectivity index (χ1v) is 12.8. The van der Waals surface area contributed by atoms with E-state index in [9.17, 15) is 22.7 Å². The van der Waals surface area contributed by atoms with Crippen molar-refractivity contribution in [2.45, 2.75) is 70.7 Å². The average Bonchev–Trinajstić information content (AvgIpc) is 3.49. The molecule has 5 rings (SSSR count). The minimum absolute atomic E-state index is 0.0353. The van der Waals surface area contributed by atoms with Crippen molar-refractivity contribution >= 4 is 23.3 Å². The van der Waals surface area contributed by atoms with E-state index in [-0.39, 0.29) is 23.6 Å². The highest BCUT2D eigenvalue weighted by molar-refractivity contribution is 5.61. The van der Waals surface area contributed by atoms with Crippen molar-refractivity contribution < 1.29 is 22.7 Å². The van der Waals surface area contributed by atoms with Crippen molar-refractivity contribution in [3.8, 4) is 0 Å². The van der Waals surface area contributed by atoms with Crippen molar-refractivity contribution in [1.82, 2.24) is 25.1 Å². The number of H-pyrrole nitrogens is 1. The van der Waals surface area contributed by atoms with Crippen molar-refractivity contribution in [1.29, 1.82) is 0 Å². The molecule has 0 bridgehead atoms. The quantitative estimate of drug-likeness (QED) is 0.304. The SMILES string of the molecule is Cc1ccc(F)c(Nc2ncc(C(F)(F)F)c(Nc3cc(C)[nH]n3)n2)c1.OC1CCN(C2CCCCC2)C1. The van der Waals surface area contributed by atoms with Gasteiger partial charge in [-0.15, -0.1) is 0 Å². The molecule has 1 aromatic carbocycles. The predicted octanol–water partition coefficient (Wildman–Crippen LogP) is 5.85. The van der Waals surface area contributed by atoms with Gasteiger partial charge in [-0.2, -0.15) is 23.3 Å². The maximum absolute atomic E-state index is 13.8. The lowest BCUT2D eigenvalue weighted by Crippen LogP contribution is -2.35. The van der Waals surface area contributed by atoms with Gasteiger partial charge in [0.2, 0.25) is 5.95 Å². The first-order chi connectivity index (χ1) is 18.1. The number of aromatic nitrogens is 4. The Bertz CT molecular complexity index is 1210. The Kier molecular flexibility index (Phi) is 8.83. The average molecular weight is 536 g/mol. The molecule has 1 unspecified atom stereocenters. The largest absolute Gasteiger partial charge is 0.421 e. The zero-order chi connectivity index (χ0) is 27.3. The first kappa shape index (κ1) is 27.8. The summed E-state index contributed by atoms with van der Waals surface area (Å²) in [6.45, 7) is 5.53. The van der Waals surface area contributed by atoms with Gasteiger partial charge in [0.15, 0.2) is 5.82 Å². The number of benzene rings is 1. The molecule has 12 heteroatoms. The van der Waals surface area contributed by atoms with Gasteiger partial charge in [-0.1, -0.05) is 25.3 Å². The number of halogens is 4. The van der Waals surface area contributed by atoms with Gasteiger partial charge in [-0.3, -0.25) is 10.00 Å². The molecule has 1 saturated heterocycles. The summed E-state index contributed by atoms with van der Waals surface area (Å²) in [5.74, 6) is -1.08. The van der Waals surface area contributed by atoms with Crippen LogP contribution in [0.25, 0.3) is 0 Å². The van der Waals surface area contributed by atoms with Crippen LogP contribution in [0.2, 0.25) is 0 Å². The Balaban J connectivity index is 0.000000232. The second-order valence-electron chi connectivity index (χ2n) is 9.85. The fourth-order valence-corrected chi connectivity index (χ4v) is 4.75. The number of rotatable bonds is 5. The highest BCUT2D eigenvalue weighted by atomic mass is 19.4. The monoisotopic (exact) mass is 535 g/mol. The van der Waals surface area contributed by atoms with Crippen molar-refractivity contribution in [2.75, 3.05) is 23.7 Å². The van der Waals surface area contributed by atoms with E-state index >= 15 is 0 Å². The Morgan fingerprint density at radius 1 is 1.05 bits per heavy atom. The summed E-state index contributed by atoms with van der Waals surface area (Å²) in [4.78, 5) is 9.97. The first-order valence-electron chi connectivity index (χ1n) is 12.8. The number of hydrogen-bond donors (Lipinski definition) is 4. The number of alkyl halides is 3. The zero-order valence-corrected chi connectivity index (χ0v) is 21.4. The van der Waals surface area contributed by atoms with E-state index in [4.69, 9.17) is 0 Å². The van der Waals surface area contributed by atoms with Gasteiger partial charge in [0.05, 0.1) is 11.8 Å². The number of β-amino-alcohol motifs (C(OH)–C–C–N with tert-alkyl or cyclic N) is 1. The second-order valence-corrected chi connectivity index (χ2v) is 9.85. The molecule has 4 N–H and O–H groups in total. The van der Waals surface area contributed by atoms with Crippen LogP contribution in [0, 0.1) is 19.7 Å². The Morgan fingerprint density at radius 3 is 2.45 bits per heavy atom. The Labute approximate surface area is 218 Å². The summed E-state index contributed by atoms with van der Waals surface area (Å²) in [6, 6.07) is 6.64. The summed E-state index contributed by atoms with van der Waals surface area (Å²) in [6.07, 6.45) is 3.88. The van der Waals surface area contributed by atoms with Crippen molar-refractivity contribution in [3.63, 3.8) is 0 Å². The second kappa shape index (κ2) is 12.1. The molecular formula is C26H33F4N7O. The minimum atomic E-state index is -4.67. The molecule has 3 heterocycles. The van der Waals surface area contributed by atoms with Crippen LogP contribution in [-0.4, -0.2) is 55.4 Å². The van der Waals surface area contributed by atoms with Gasteiger partial charge in [0.1, 0.15) is 17.2 Å². The summed E-state index contributed by atoms with van der Waals surface area (Å²) < 4.78 is 53.5. The molecular weight excluding hydrogens is 502 g/mol. The van der Waals surface area contributed by atoms with E-state index < -0.39 is 23.4 Å². The normalized spacial score (nSPS) is 18.7. The molecule has 8 nitrogen and oxygen atoms in total. The van der Waals surface area contributed by atoms with E-state index in [2.05, 4.69) is 35.7 Å². The lowest BCUT2D eigenvalue weighted by Gasteiger charge is -2.30. The third kappa shape index (κ3) is 7.41. The van der Waals surface area contributed by atoms with Crippen LogP contribution in [0.15, 0.2) is 30.5 Å². The molecule has 0 radical (unpaired) electrons. The van der Waals surface area contributed by atoms with Crippen LogP contribution >= 0.6 is 0 Å². The van der Waals surface area contributed by atoms with E-state index in [0.29, 0.717) is 11.9 Å². The highest BCUT2D eigenvalue weighted by Crippen LogP contribution is 2.35. The van der Waals surface area contributed by atoms with Gasteiger partial charge >= 0.3 is 6.18 Å². The Morgan fingerprint density at radius 2 is 1.82 bits per heavy atom. The number of nitrogens with one attached hydrogen (secondary N) is 3. The number of aryl methyl sites for hydroxylation is 2. The molecule has 1 saturated carbocycles. The molecule has 0 spiro atoms. The lowest BCUT2D eigenvalue weighted by atomic mass is 9.94. The number of aliphatic hydroxyl groups is 1. The molecule has 0 amide bonds. The number of anilines is 4. The molecule has 3 aromatic rings. The minimum Gasteiger partial charge on any atom is -0.392 e. The Hall–Kier alpha value is -3.25. The van der Waals surface area contributed by atoms with Crippen LogP contribution in [-0.2, 0) is 6.18 Å². The van der Waals surface area contributed by atoms with E-state index in [1.165, 1.54) is 50.3 Å². The molecule has 1 aliphatic carbocycles. The van der Waals surface area contributed by atoms with Crippen LogP contribution in [0.4, 0.5) is 40.8 Å². The molecule has 2 aliphatic rings. The topological polar surface area (TPSA) is 102 Å². The molecule has 206 valence electrons. The number of nitrogens with zero attached hydrogens (tertiary/aromatic N) is 4. The van der Waals surface area contributed by atoms with Gasteiger partial charge in [0, 0.05) is 37.1 Å². The molecule has 38 heavy (non-hydrogen) atoms. The van der Waals surface area contributed by atoms with Gasteiger partial charge in [-0.25, -0.2) is 9.37 Å². The fourth-order valence-electron chi connectivity index (χ4n) is 4.75. The third-order valence-corrected chi connectivity index (χ3v) is 6.70. The smallest absolute Gasteiger partial charge is 0.392 e. The summed E-state index contributed by atoms with van der Waals surface area (Å²) in [7, 11) is 0. The molecule has 1 atom stereocenters. The van der Waals surface area contributed by atoms with Crippen LogP contribution in [0.3, 0.4) is 0 Å². The van der Waals surface area contributed by atoms with Gasteiger partial charge < -0.3 is 15.7 Å². The van der Waals surface area contributed by atoms with Crippen molar-refractivity contribution in [2.24, 2.45) is 0 Å². The summed E-state index contributed by atoms with van der Waals surface area (Å²) >= 11 is 0. The maximum Gasteiger partial charge on any atom is 0.421 e. The summed E-state index contributed by atoms with van der Waals surface area (Å²) in [5.41, 5.74) is 0.432. The van der Waals surface area contributed by atoms with E-state index in [0.717, 1.165) is 31.1 Å². The number of aliphatic hydroxyl groups excluding tert-OH is 1. The fraction of sp³-hybridized carbons (Fsp3) is 0.500.